The first-order chi connectivity index (χ1) is 12.4. The van der Waals surface area contributed by atoms with E-state index in [0.29, 0.717) is 0 Å². The number of aliphatic hydroxyl groups is 1. The standard InChI is InChI=1S/C16H14F3N5O2/c17-12-3-1-11(2-4-12)9-26-13-5-6-14(20-7-13)16(18,19)15(25)8-24-10-21-22-23-24/h1-7,10,15,25H,8-9H2. The summed E-state index contributed by atoms with van der Waals surface area (Å²) in [6, 6.07) is 8.10. The fraction of sp³-hybridized carbons (Fsp3) is 0.250. The summed E-state index contributed by atoms with van der Waals surface area (Å²) in [5.74, 6) is -3.69. The molecule has 2 aromatic heterocycles. The van der Waals surface area contributed by atoms with Crippen LogP contribution in [0.3, 0.4) is 0 Å². The topological polar surface area (TPSA) is 86.0 Å². The SMILES string of the molecule is OC(Cn1cnnn1)C(F)(F)c1ccc(OCc2ccc(F)cc2)cn1. The van der Waals surface area contributed by atoms with Crippen LogP contribution in [0.2, 0.25) is 0 Å². The fourth-order valence-corrected chi connectivity index (χ4v) is 2.14. The number of hydrogen-bond donors (Lipinski definition) is 1. The molecule has 0 saturated carbocycles. The molecule has 3 aromatic rings. The summed E-state index contributed by atoms with van der Waals surface area (Å²) in [6.07, 6.45) is 0.208. The highest BCUT2D eigenvalue weighted by Gasteiger charge is 2.42. The third-order valence-electron chi connectivity index (χ3n) is 3.57. The molecule has 0 fully saturated rings. The Morgan fingerprint density at radius 1 is 1.15 bits per heavy atom. The van der Waals surface area contributed by atoms with Crippen molar-refractivity contribution in [3.8, 4) is 5.75 Å². The van der Waals surface area contributed by atoms with Crippen LogP contribution >= 0.6 is 0 Å². The Kier molecular flexibility index (Phi) is 5.12. The van der Waals surface area contributed by atoms with Crippen LogP contribution in [0.4, 0.5) is 13.2 Å². The maximum absolute atomic E-state index is 14.3. The molecule has 0 spiro atoms. The Hall–Kier alpha value is -3.01. The Morgan fingerprint density at radius 2 is 1.92 bits per heavy atom. The summed E-state index contributed by atoms with van der Waals surface area (Å²) in [5.41, 5.74) is 0.116. The Balaban J connectivity index is 1.63. The van der Waals surface area contributed by atoms with Gasteiger partial charge in [0.05, 0.1) is 12.7 Å². The quantitative estimate of drug-likeness (QED) is 0.689. The molecule has 1 N–H and O–H groups in total. The molecule has 2 heterocycles. The predicted molar refractivity (Wildman–Crippen MR) is 82.7 cm³/mol. The number of ether oxygens (including phenoxy) is 1. The third-order valence-corrected chi connectivity index (χ3v) is 3.57. The molecule has 1 unspecified atom stereocenters. The van der Waals surface area contributed by atoms with Gasteiger partial charge in [-0.2, -0.15) is 8.78 Å². The number of halogens is 3. The van der Waals surface area contributed by atoms with E-state index in [1.54, 1.807) is 12.1 Å². The van der Waals surface area contributed by atoms with Gasteiger partial charge in [-0.25, -0.2) is 9.07 Å². The Morgan fingerprint density at radius 3 is 2.54 bits per heavy atom. The van der Waals surface area contributed by atoms with E-state index in [2.05, 4.69) is 20.5 Å². The smallest absolute Gasteiger partial charge is 0.316 e. The van der Waals surface area contributed by atoms with Gasteiger partial charge in [0.15, 0.2) is 0 Å². The first-order valence-corrected chi connectivity index (χ1v) is 7.55. The van der Waals surface area contributed by atoms with Crippen molar-refractivity contribution in [2.75, 3.05) is 0 Å². The molecule has 0 aliphatic rings. The predicted octanol–water partition coefficient (Wildman–Crippen LogP) is 1.94. The monoisotopic (exact) mass is 365 g/mol. The van der Waals surface area contributed by atoms with Gasteiger partial charge in [-0.15, -0.1) is 5.10 Å². The van der Waals surface area contributed by atoms with Crippen LogP contribution in [0.5, 0.6) is 5.75 Å². The van der Waals surface area contributed by atoms with Crippen molar-refractivity contribution in [1.82, 2.24) is 25.2 Å². The highest BCUT2D eigenvalue weighted by atomic mass is 19.3. The van der Waals surface area contributed by atoms with E-state index in [9.17, 15) is 18.3 Å². The van der Waals surface area contributed by atoms with Gasteiger partial charge in [0, 0.05) is 0 Å². The van der Waals surface area contributed by atoms with Crippen LogP contribution in [0.25, 0.3) is 0 Å². The van der Waals surface area contributed by atoms with Gasteiger partial charge in [-0.3, -0.25) is 4.98 Å². The lowest BCUT2D eigenvalue weighted by Gasteiger charge is -2.21. The minimum Gasteiger partial charge on any atom is -0.487 e. The normalized spacial score (nSPS) is 12.8. The molecule has 0 aliphatic carbocycles. The van der Waals surface area contributed by atoms with Crippen molar-refractivity contribution < 1.29 is 23.0 Å². The third kappa shape index (κ3) is 4.14. The zero-order chi connectivity index (χ0) is 18.6. The Bertz CT molecular complexity index is 826. The molecule has 0 amide bonds. The summed E-state index contributed by atoms with van der Waals surface area (Å²) < 4.78 is 47.8. The lowest BCUT2D eigenvalue weighted by molar-refractivity contribution is -0.124. The minimum absolute atomic E-state index is 0.139. The maximum Gasteiger partial charge on any atom is 0.316 e. The number of benzene rings is 1. The molecule has 0 bridgehead atoms. The van der Waals surface area contributed by atoms with Crippen molar-refractivity contribution in [2.45, 2.75) is 25.2 Å². The number of aromatic nitrogens is 5. The molecule has 1 aromatic carbocycles. The number of alkyl halides is 2. The highest BCUT2D eigenvalue weighted by molar-refractivity contribution is 5.24. The van der Waals surface area contributed by atoms with Crippen LogP contribution < -0.4 is 4.74 Å². The molecule has 136 valence electrons. The minimum atomic E-state index is -3.60. The summed E-state index contributed by atoms with van der Waals surface area (Å²) in [5, 5.41) is 19.8. The zero-order valence-corrected chi connectivity index (χ0v) is 13.3. The van der Waals surface area contributed by atoms with Gasteiger partial charge < -0.3 is 9.84 Å². The maximum atomic E-state index is 14.3. The molecular formula is C16H14F3N5O2. The van der Waals surface area contributed by atoms with Gasteiger partial charge in [-0.1, -0.05) is 12.1 Å². The molecule has 3 rings (SSSR count). The van der Waals surface area contributed by atoms with Crippen molar-refractivity contribution in [2.24, 2.45) is 0 Å². The molecule has 0 saturated heterocycles. The van der Waals surface area contributed by atoms with E-state index in [-0.39, 0.29) is 18.2 Å². The molecule has 26 heavy (non-hydrogen) atoms. The van der Waals surface area contributed by atoms with Gasteiger partial charge in [0.2, 0.25) is 0 Å². The molecule has 7 nitrogen and oxygen atoms in total. The fourth-order valence-electron chi connectivity index (χ4n) is 2.14. The second-order valence-corrected chi connectivity index (χ2v) is 5.46. The van der Waals surface area contributed by atoms with Crippen molar-refractivity contribution >= 4 is 0 Å². The number of pyridine rings is 1. The largest absolute Gasteiger partial charge is 0.487 e. The second-order valence-electron chi connectivity index (χ2n) is 5.46. The van der Waals surface area contributed by atoms with Gasteiger partial charge in [0.25, 0.3) is 0 Å². The van der Waals surface area contributed by atoms with Gasteiger partial charge >= 0.3 is 5.92 Å². The summed E-state index contributed by atoms with van der Waals surface area (Å²) >= 11 is 0. The van der Waals surface area contributed by atoms with Crippen molar-refractivity contribution in [3.05, 3.63) is 66.0 Å². The second kappa shape index (κ2) is 7.48. The summed E-state index contributed by atoms with van der Waals surface area (Å²) in [7, 11) is 0. The Labute approximate surface area is 146 Å². The summed E-state index contributed by atoms with van der Waals surface area (Å²) in [4.78, 5) is 3.67. The van der Waals surface area contributed by atoms with E-state index < -0.39 is 24.3 Å². The van der Waals surface area contributed by atoms with E-state index >= 15 is 0 Å². The van der Waals surface area contributed by atoms with Crippen LogP contribution in [0.15, 0.2) is 48.9 Å². The van der Waals surface area contributed by atoms with Crippen LogP contribution in [0.1, 0.15) is 11.3 Å². The lowest BCUT2D eigenvalue weighted by atomic mass is 10.1. The summed E-state index contributed by atoms with van der Waals surface area (Å²) in [6.45, 7) is -0.343. The lowest BCUT2D eigenvalue weighted by Crippen LogP contribution is -2.35. The molecule has 1 atom stereocenters. The average molecular weight is 365 g/mol. The van der Waals surface area contributed by atoms with Gasteiger partial charge in [0.1, 0.15) is 36.3 Å². The van der Waals surface area contributed by atoms with Crippen molar-refractivity contribution in [1.29, 1.82) is 0 Å². The number of nitrogens with zero attached hydrogens (tertiary/aromatic N) is 5. The highest BCUT2D eigenvalue weighted by Crippen LogP contribution is 2.31. The first kappa shape index (κ1) is 17.8. The molecule has 10 heteroatoms. The molecule has 0 aliphatic heterocycles. The van der Waals surface area contributed by atoms with Crippen LogP contribution in [-0.2, 0) is 19.1 Å². The van der Waals surface area contributed by atoms with E-state index in [1.807, 2.05) is 0 Å². The van der Waals surface area contributed by atoms with Crippen molar-refractivity contribution in [3.63, 3.8) is 0 Å². The molecular weight excluding hydrogens is 351 g/mol. The number of aliphatic hydroxyl groups excluding tert-OH is 1. The van der Waals surface area contributed by atoms with Crippen LogP contribution in [-0.4, -0.2) is 36.4 Å². The first-order valence-electron chi connectivity index (χ1n) is 7.55. The number of hydrogen-bond acceptors (Lipinski definition) is 6. The zero-order valence-electron chi connectivity index (χ0n) is 13.3. The average Bonchev–Trinajstić information content (AvgIpc) is 3.14. The van der Waals surface area contributed by atoms with Crippen LogP contribution in [0, 0.1) is 5.82 Å². The molecule has 0 radical (unpaired) electrons. The number of rotatable bonds is 7. The van der Waals surface area contributed by atoms with Gasteiger partial charge in [-0.05, 0) is 40.3 Å². The van der Waals surface area contributed by atoms with E-state index in [0.717, 1.165) is 28.8 Å². The number of tetrazole rings is 1. The van der Waals surface area contributed by atoms with E-state index in [1.165, 1.54) is 18.2 Å². The van der Waals surface area contributed by atoms with E-state index in [4.69, 9.17) is 4.74 Å².